The molecule has 1 fully saturated rings. The Morgan fingerprint density at radius 2 is 1.75 bits per heavy atom. The first-order chi connectivity index (χ1) is 11.5. The first-order valence-corrected chi connectivity index (χ1v) is 8.37. The van der Waals surface area contributed by atoms with Crippen molar-refractivity contribution in [1.29, 1.82) is 0 Å². The smallest absolute Gasteiger partial charge is 0.264 e. The van der Waals surface area contributed by atoms with E-state index in [2.05, 4.69) is 16.4 Å². The van der Waals surface area contributed by atoms with Gasteiger partial charge in [-0.25, -0.2) is 4.99 Å². The van der Waals surface area contributed by atoms with Crippen LogP contribution in [0.15, 0.2) is 52.4 Å². The maximum Gasteiger partial charge on any atom is 0.264 e. The zero-order chi connectivity index (χ0) is 17.1. The highest BCUT2D eigenvalue weighted by Crippen LogP contribution is 2.29. The Kier molecular flexibility index (Phi) is 4.71. The summed E-state index contributed by atoms with van der Waals surface area (Å²) >= 11 is 1.35. The third kappa shape index (κ3) is 3.86. The van der Waals surface area contributed by atoms with E-state index in [0.29, 0.717) is 10.1 Å². The van der Waals surface area contributed by atoms with Gasteiger partial charge in [0.05, 0.1) is 17.7 Å². The number of nitrogens with one attached hydrogen (secondary N) is 1. The lowest BCUT2D eigenvalue weighted by molar-refractivity contribution is -0.115. The lowest BCUT2D eigenvalue weighted by Crippen LogP contribution is -2.19. The average molecular weight is 338 g/mol. The molecule has 24 heavy (non-hydrogen) atoms. The van der Waals surface area contributed by atoms with E-state index in [4.69, 9.17) is 4.74 Å². The molecule has 1 aliphatic rings. The van der Waals surface area contributed by atoms with Crippen LogP contribution < -0.4 is 10.1 Å². The number of nitrogens with zero attached hydrogens (tertiary/aromatic N) is 1. The van der Waals surface area contributed by atoms with E-state index in [1.807, 2.05) is 56.3 Å². The van der Waals surface area contributed by atoms with E-state index in [0.717, 1.165) is 28.1 Å². The summed E-state index contributed by atoms with van der Waals surface area (Å²) in [6.07, 6.45) is 1.85. The number of rotatable bonds is 3. The SMILES string of the molecule is COc1ccc(C=C2SC(=Nc3cc(C)cc(C)c3)NC2=O)cc1. The number of hydrogen-bond acceptors (Lipinski definition) is 4. The molecule has 1 aliphatic heterocycles. The molecule has 0 aromatic heterocycles. The summed E-state index contributed by atoms with van der Waals surface area (Å²) in [6.45, 7) is 4.07. The first kappa shape index (κ1) is 16.3. The van der Waals surface area contributed by atoms with Gasteiger partial charge in [0.2, 0.25) is 0 Å². The minimum atomic E-state index is -0.126. The molecule has 0 aliphatic carbocycles. The average Bonchev–Trinajstić information content (AvgIpc) is 2.86. The van der Waals surface area contributed by atoms with Gasteiger partial charge in [0, 0.05) is 0 Å². The van der Waals surface area contributed by atoms with Gasteiger partial charge >= 0.3 is 0 Å². The Morgan fingerprint density at radius 1 is 1.08 bits per heavy atom. The molecular formula is C19H18N2O2S. The maximum atomic E-state index is 12.1. The number of aliphatic imine (C=N–C) groups is 1. The summed E-state index contributed by atoms with van der Waals surface area (Å²) in [7, 11) is 1.63. The number of carbonyl (C=O) groups is 1. The van der Waals surface area contributed by atoms with Gasteiger partial charge < -0.3 is 10.1 Å². The number of ether oxygens (including phenoxy) is 1. The molecule has 0 spiro atoms. The Balaban J connectivity index is 1.81. The van der Waals surface area contributed by atoms with Crippen LogP contribution in [-0.4, -0.2) is 18.2 Å². The van der Waals surface area contributed by atoms with Crippen molar-refractivity contribution >= 4 is 34.6 Å². The van der Waals surface area contributed by atoms with Gasteiger partial charge in [-0.3, -0.25) is 4.79 Å². The van der Waals surface area contributed by atoms with Crippen LogP contribution in [0.1, 0.15) is 16.7 Å². The minimum absolute atomic E-state index is 0.126. The third-order valence-corrected chi connectivity index (χ3v) is 4.41. The number of hydrogen-bond donors (Lipinski definition) is 1. The third-order valence-electron chi connectivity index (χ3n) is 3.50. The van der Waals surface area contributed by atoms with Gasteiger partial charge in [0.25, 0.3) is 5.91 Å². The number of amides is 1. The van der Waals surface area contributed by atoms with Crippen LogP contribution in [0.25, 0.3) is 6.08 Å². The predicted octanol–water partition coefficient (Wildman–Crippen LogP) is 4.20. The Hall–Kier alpha value is -2.53. The van der Waals surface area contributed by atoms with Crippen LogP contribution in [0.4, 0.5) is 5.69 Å². The van der Waals surface area contributed by atoms with E-state index < -0.39 is 0 Å². The van der Waals surface area contributed by atoms with Crippen molar-refractivity contribution in [2.45, 2.75) is 13.8 Å². The lowest BCUT2D eigenvalue weighted by Gasteiger charge is -2.01. The normalized spacial score (nSPS) is 17.4. The molecule has 1 N–H and O–H groups in total. The second kappa shape index (κ2) is 6.93. The number of amidine groups is 1. The van der Waals surface area contributed by atoms with E-state index >= 15 is 0 Å². The Labute approximate surface area is 145 Å². The van der Waals surface area contributed by atoms with E-state index in [1.54, 1.807) is 7.11 Å². The zero-order valence-electron chi connectivity index (χ0n) is 13.8. The summed E-state index contributed by atoms with van der Waals surface area (Å²) in [4.78, 5) is 17.3. The highest BCUT2D eigenvalue weighted by atomic mass is 32.2. The van der Waals surface area contributed by atoms with Gasteiger partial charge in [-0.1, -0.05) is 18.2 Å². The van der Waals surface area contributed by atoms with Crippen LogP contribution in [0, 0.1) is 13.8 Å². The standard InChI is InChI=1S/C19H18N2O2S/c1-12-8-13(2)10-15(9-12)20-19-21-18(22)17(24-19)11-14-4-6-16(23-3)7-5-14/h4-11H,1-3H3,(H,20,21,22). The summed E-state index contributed by atoms with van der Waals surface area (Å²) < 4.78 is 5.14. The Bertz CT molecular complexity index is 819. The molecule has 4 nitrogen and oxygen atoms in total. The molecule has 122 valence electrons. The van der Waals surface area contributed by atoms with Gasteiger partial charge in [-0.15, -0.1) is 0 Å². The van der Waals surface area contributed by atoms with Crippen LogP contribution in [0.5, 0.6) is 5.75 Å². The minimum Gasteiger partial charge on any atom is -0.497 e. The largest absolute Gasteiger partial charge is 0.497 e. The molecule has 0 unspecified atom stereocenters. The molecule has 2 aromatic carbocycles. The van der Waals surface area contributed by atoms with Gasteiger partial charge in [-0.05, 0) is 72.6 Å². The van der Waals surface area contributed by atoms with E-state index in [1.165, 1.54) is 11.8 Å². The van der Waals surface area contributed by atoms with Crippen LogP contribution >= 0.6 is 11.8 Å². The van der Waals surface area contributed by atoms with Crippen molar-refractivity contribution in [3.05, 3.63) is 64.1 Å². The molecule has 0 bridgehead atoms. The molecule has 3 rings (SSSR count). The predicted molar refractivity (Wildman–Crippen MR) is 99.7 cm³/mol. The fraction of sp³-hybridized carbons (Fsp3) is 0.158. The first-order valence-electron chi connectivity index (χ1n) is 7.55. The monoisotopic (exact) mass is 338 g/mol. The maximum absolute atomic E-state index is 12.1. The van der Waals surface area contributed by atoms with Crippen LogP contribution in [-0.2, 0) is 4.79 Å². The summed E-state index contributed by atoms with van der Waals surface area (Å²) in [5.74, 6) is 0.664. The van der Waals surface area contributed by atoms with Crippen molar-refractivity contribution in [2.75, 3.05) is 7.11 Å². The molecule has 5 heteroatoms. The Morgan fingerprint density at radius 3 is 2.38 bits per heavy atom. The van der Waals surface area contributed by atoms with Crippen LogP contribution in [0.3, 0.4) is 0 Å². The molecule has 0 atom stereocenters. The number of aryl methyl sites for hydroxylation is 2. The highest BCUT2D eigenvalue weighted by molar-refractivity contribution is 8.18. The quantitative estimate of drug-likeness (QED) is 0.853. The fourth-order valence-corrected chi connectivity index (χ4v) is 3.31. The topological polar surface area (TPSA) is 50.7 Å². The van der Waals surface area contributed by atoms with Crippen LogP contribution in [0.2, 0.25) is 0 Å². The zero-order valence-corrected chi connectivity index (χ0v) is 14.6. The van der Waals surface area contributed by atoms with Gasteiger partial charge in [-0.2, -0.15) is 0 Å². The van der Waals surface area contributed by atoms with E-state index in [-0.39, 0.29) is 5.91 Å². The van der Waals surface area contributed by atoms with E-state index in [9.17, 15) is 4.79 Å². The number of thioether (sulfide) groups is 1. The van der Waals surface area contributed by atoms with Gasteiger partial charge in [0.1, 0.15) is 5.75 Å². The number of benzene rings is 2. The van der Waals surface area contributed by atoms with Crippen molar-refractivity contribution in [2.24, 2.45) is 4.99 Å². The second-order valence-electron chi connectivity index (χ2n) is 5.60. The van der Waals surface area contributed by atoms with Gasteiger partial charge in [0.15, 0.2) is 5.17 Å². The van der Waals surface area contributed by atoms with Crippen molar-refractivity contribution in [3.8, 4) is 5.75 Å². The molecule has 1 saturated heterocycles. The van der Waals surface area contributed by atoms with Crippen molar-refractivity contribution in [3.63, 3.8) is 0 Å². The molecule has 0 saturated carbocycles. The summed E-state index contributed by atoms with van der Waals surface area (Å²) in [5, 5.41) is 3.42. The molecule has 1 heterocycles. The second-order valence-corrected chi connectivity index (χ2v) is 6.63. The van der Waals surface area contributed by atoms with Crippen molar-refractivity contribution in [1.82, 2.24) is 5.32 Å². The molecule has 0 radical (unpaired) electrons. The summed E-state index contributed by atoms with van der Waals surface area (Å²) in [6, 6.07) is 13.7. The molecular weight excluding hydrogens is 320 g/mol. The molecule has 1 amide bonds. The molecule has 2 aromatic rings. The number of methoxy groups -OCH3 is 1. The van der Waals surface area contributed by atoms with Crippen molar-refractivity contribution < 1.29 is 9.53 Å². The lowest BCUT2D eigenvalue weighted by atomic mass is 10.1. The summed E-state index contributed by atoms with van der Waals surface area (Å²) in [5.41, 5.74) is 4.09. The number of carbonyl (C=O) groups excluding carboxylic acids is 1. The highest BCUT2D eigenvalue weighted by Gasteiger charge is 2.23. The fourth-order valence-electron chi connectivity index (χ4n) is 2.46.